The standard InChI is InChI=1S/C20H14FN3O3S/c1-26-15-7-5-12(6-8-15)19(25)22-16-9-10-28-17(16)20-23-18(24-27-20)13-3-2-4-14(21)11-13/h2-11H,1H3,(H,22,25). The van der Waals surface area contributed by atoms with Gasteiger partial charge in [0, 0.05) is 11.1 Å². The Hall–Kier alpha value is -3.52. The molecule has 140 valence electrons. The number of ether oxygens (including phenoxy) is 1. The van der Waals surface area contributed by atoms with Crippen LogP contribution in [0.15, 0.2) is 64.5 Å². The second-order valence-corrected chi connectivity index (χ2v) is 6.70. The maximum atomic E-state index is 13.4. The Morgan fingerprint density at radius 3 is 2.75 bits per heavy atom. The number of hydrogen-bond acceptors (Lipinski definition) is 6. The van der Waals surface area contributed by atoms with Gasteiger partial charge < -0.3 is 14.6 Å². The van der Waals surface area contributed by atoms with E-state index in [1.165, 1.54) is 23.5 Å². The fraction of sp³-hybridized carbons (Fsp3) is 0.0500. The van der Waals surface area contributed by atoms with Crippen molar-refractivity contribution in [1.82, 2.24) is 10.1 Å². The van der Waals surface area contributed by atoms with Gasteiger partial charge in [-0.25, -0.2) is 4.39 Å². The molecule has 8 heteroatoms. The van der Waals surface area contributed by atoms with E-state index in [2.05, 4.69) is 15.5 Å². The van der Waals surface area contributed by atoms with Crippen LogP contribution in [0.2, 0.25) is 0 Å². The Balaban J connectivity index is 1.56. The highest BCUT2D eigenvalue weighted by Crippen LogP contribution is 2.34. The van der Waals surface area contributed by atoms with Crippen molar-refractivity contribution in [3.05, 3.63) is 71.4 Å². The summed E-state index contributed by atoms with van der Waals surface area (Å²) in [7, 11) is 1.56. The number of nitrogens with zero attached hydrogens (tertiary/aromatic N) is 2. The number of carbonyl (C=O) groups is 1. The molecule has 0 bridgehead atoms. The van der Waals surface area contributed by atoms with E-state index in [4.69, 9.17) is 9.26 Å². The molecule has 0 aliphatic carbocycles. The summed E-state index contributed by atoms with van der Waals surface area (Å²) in [4.78, 5) is 17.5. The third-order valence-electron chi connectivity index (χ3n) is 3.97. The minimum atomic E-state index is -0.382. The van der Waals surface area contributed by atoms with Gasteiger partial charge in [-0.3, -0.25) is 4.79 Å². The van der Waals surface area contributed by atoms with Crippen molar-refractivity contribution >= 4 is 22.9 Å². The van der Waals surface area contributed by atoms with E-state index in [-0.39, 0.29) is 23.4 Å². The molecule has 2 aromatic heterocycles. The maximum Gasteiger partial charge on any atom is 0.270 e. The van der Waals surface area contributed by atoms with Crippen molar-refractivity contribution in [3.63, 3.8) is 0 Å². The molecule has 28 heavy (non-hydrogen) atoms. The summed E-state index contributed by atoms with van der Waals surface area (Å²) in [5.41, 5.74) is 1.56. The van der Waals surface area contributed by atoms with Gasteiger partial charge in [-0.1, -0.05) is 17.3 Å². The number of nitrogens with one attached hydrogen (secondary N) is 1. The van der Waals surface area contributed by atoms with E-state index < -0.39 is 0 Å². The van der Waals surface area contributed by atoms with Crippen LogP contribution in [0.5, 0.6) is 5.75 Å². The van der Waals surface area contributed by atoms with Crippen LogP contribution in [0.25, 0.3) is 22.2 Å². The van der Waals surface area contributed by atoms with E-state index in [1.807, 2.05) is 5.38 Å². The van der Waals surface area contributed by atoms with Gasteiger partial charge in [0.15, 0.2) is 0 Å². The van der Waals surface area contributed by atoms with Crippen LogP contribution >= 0.6 is 11.3 Å². The predicted molar refractivity (Wildman–Crippen MR) is 104 cm³/mol. The summed E-state index contributed by atoms with van der Waals surface area (Å²) >= 11 is 1.35. The van der Waals surface area contributed by atoms with Gasteiger partial charge in [0.2, 0.25) is 5.82 Å². The number of aromatic nitrogens is 2. The van der Waals surface area contributed by atoms with Crippen LogP contribution < -0.4 is 10.1 Å². The average molecular weight is 395 g/mol. The molecule has 1 amide bonds. The first-order valence-electron chi connectivity index (χ1n) is 8.27. The summed E-state index contributed by atoms with van der Waals surface area (Å²) < 4.78 is 23.8. The van der Waals surface area contributed by atoms with Crippen molar-refractivity contribution in [2.75, 3.05) is 12.4 Å². The molecule has 2 aromatic carbocycles. The molecule has 6 nitrogen and oxygen atoms in total. The lowest BCUT2D eigenvalue weighted by Crippen LogP contribution is -2.11. The SMILES string of the molecule is COc1ccc(C(=O)Nc2ccsc2-c2nc(-c3cccc(F)c3)no2)cc1. The first kappa shape index (κ1) is 17.9. The van der Waals surface area contributed by atoms with Crippen molar-refractivity contribution < 1.29 is 18.4 Å². The molecule has 0 aliphatic rings. The summed E-state index contributed by atoms with van der Waals surface area (Å²) in [6, 6.07) is 14.5. The molecular weight excluding hydrogens is 381 g/mol. The van der Waals surface area contributed by atoms with Gasteiger partial charge in [-0.05, 0) is 47.8 Å². The fourth-order valence-corrected chi connectivity index (χ4v) is 3.34. The van der Waals surface area contributed by atoms with Gasteiger partial charge in [-0.2, -0.15) is 4.98 Å². The van der Waals surface area contributed by atoms with Crippen LogP contribution in [0.1, 0.15) is 10.4 Å². The summed E-state index contributed by atoms with van der Waals surface area (Å²) in [6.07, 6.45) is 0. The highest BCUT2D eigenvalue weighted by atomic mass is 32.1. The summed E-state index contributed by atoms with van der Waals surface area (Å²) in [5, 5.41) is 8.56. The van der Waals surface area contributed by atoms with Crippen LogP contribution in [0.4, 0.5) is 10.1 Å². The number of thiophene rings is 1. The summed E-state index contributed by atoms with van der Waals surface area (Å²) in [5.74, 6) is 0.540. The lowest BCUT2D eigenvalue weighted by molar-refractivity contribution is 0.102. The maximum absolute atomic E-state index is 13.4. The van der Waals surface area contributed by atoms with Crippen LogP contribution in [-0.2, 0) is 0 Å². The molecular formula is C20H14FN3O3S. The third kappa shape index (κ3) is 3.63. The lowest BCUT2D eigenvalue weighted by atomic mass is 10.2. The quantitative estimate of drug-likeness (QED) is 0.522. The Morgan fingerprint density at radius 1 is 1.18 bits per heavy atom. The monoisotopic (exact) mass is 395 g/mol. The average Bonchev–Trinajstić information content (AvgIpc) is 3.37. The van der Waals surface area contributed by atoms with Crippen molar-refractivity contribution in [1.29, 1.82) is 0 Å². The van der Waals surface area contributed by atoms with E-state index in [0.717, 1.165) is 0 Å². The second-order valence-electron chi connectivity index (χ2n) is 5.78. The highest BCUT2D eigenvalue weighted by molar-refractivity contribution is 7.14. The number of methoxy groups -OCH3 is 1. The highest BCUT2D eigenvalue weighted by Gasteiger charge is 2.18. The normalized spacial score (nSPS) is 10.6. The zero-order chi connectivity index (χ0) is 19.5. The van der Waals surface area contributed by atoms with Crippen molar-refractivity contribution in [3.8, 4) is 27.9 Å². The van der Waals surface area contributed by atoms with Gasteiger partial charge in [0.05, 0.1) is 12.8 Å². The molecule has 0 fully saturated rings. The first-order valence-corrected chi connectivity index (χ1v) is 9.15. The second kappa shape index (κ2) is 7.61. The molecule has 0 saturated carbocycles. The molecule has 0 radical (unpaired) electrons. The minimum Gasteiger partial charge on any atom is -0.497 e. The van der Waals surface area contributed by atoms with Gasteiger partial charge >= 0.3 is 0 Å². The zero-order valence-corrected chi connectivity index (χ0v) is 15.5. The van der Waals surface area contributed by atoms with E-state index in [0.29, 0.717) is 27.4 Å². The van der Waals surface area contributed by atoms with Gasteiger partial charge in [0.1, 0.15) is 16.4 Å². The number of benzene rings is 2. The Labute approximate surface area is 163 Å². The molecule has 2 heterocycles. The number of hydrogen-bond donors (Lipinski definition) is 1. The van der Waals surface area contributed by atoms with Gasteiger partial charge in [0.25, 0.3) is 11.8 Å². The fourth-order valence-electron chi connectivity index (χ4n) is 2.57. The smallest absolute Gasteiger partial charge is 0.270 e. The van der Waals surface area contributed by atoms with Crippen LogP contribution in [0.3, 0.4) is 0 Å². The number of amides is 1. The Kier molecular flexibility index (Phi) is 4.86. The molecule has 0 spiro atoms. The van der Waals surface area contributed by atoms with Crippen molar-refractivity contribution in [2.24, 2.45) is 0 Å². The number of halogens is 1. The van der Waals surface area contributed by atoms with E-state index in [1.54, 1.807) is 49.6 Å². The molecule has 4 aromatic rings. The zero-order valence-electron chi connectivity index (χ0n) is 14.7. The molecule has 0 unspecified atom stereocenters. The van der Waals surface area contributed by atoms with E-state index >= 15 is 0 Å². The Morgan fingerprint density at radius 2 is 2.00 bits per heavy atom. The Bertz CT molecular complexity index is 1120. The van der Waals surface area contributed by atoms with Crippen molar-refractivity contribution in [2.45, 2.75) is 0 Å². The van der Waals surface area contributed by atoms with Crippen LogP contribution in [0, 0.1) is 5.82 Å². The molecule has 0 saturated heterocycles. The minimum absolute atomic E-state index is 0.249. The molecule has 1 N–H and O–H groups in total. The number of carbonyl (C=O) groups excluding carboxylic acids is 1. The molecule has 0 atom stereocenters. The van der Waals surface area contributed by atoms with E-state index in [9.17, 15) is 9.18 Å². The molecule has 4 rings (SSSR count). The third-order valence-corrected chi connectivity index (χ3v) is 4.87. The number of anilines is 1. The molecule has 0 aliphatic heterocycles. The number of rotatable bonds is 5. The van der Waals surface area contributed by atoms with Crippen LogP contribution in [-0.4, -0.2) is 23.2 Å². The van der Waals surface area contributed by atoms with Gasteiger partial charge in [-0.15, -0.1) is 11.3 Å². The lowest BCUT2D eigenvalue weighted by Gasteiger charge is -2.05. The topological polar surface area (TPSA) is 77.2 Å². The first-order chi connectivity index (χ1) is 13.6. The predicted octanol–water partition coefficient (Wildman–Crippen LogP) is 4.87. The largest absolute Gasteiger partial charge is 0.497 e. The summed E-state index contributed by atoms with van der Waals surface area (Å²) in [6.45, 7) is 0.